The zero-order valence-corrected chi connectivity index (χ0v) is 12.8. The van der Waals surface area contributed by atoms with Gasteiger partial charge in [-0.3, -0.25) is 14.5 Å². The standard InChI is InChI=1S/C16H18N2O4/c1-11(2)10-14(19)18(9-8-15(20)21-3)16-17-12-6-4-5-7-13(12)22-16/h4-7,10H,8-9H2,1-3H3. The minimum absolute atomic E-state index is 0.0670. The predicted molar refractivity (Wildman–Crippen MR) is 82.4 cm³/mol. The highest BCUT2D eigenvalue weighted by Gasteiger charge is 2.21. The maximum Gasteiger partial charge on any atom is 0.307 e. The molecule has 0 bridgehead atoms. The summed E-state index contributed by atoms with van der Waals surface area (Å²) < 4.78 is 10.2. The number of fused-ring (bicyclic) bond motifs is 1. The molecule has 1 aromatic carbocycles. The first-order chi connectivity index (χ1) is 10.5. The lowest BCUT2D eigenvalue weighted by Gasteiger charge is -2.16. The van der Waals surface area contributed by atoms with Gasteiger partial charge in [0.1, 0.15) is 5.52 Å². The van der Waals surface area contributed by atoms with E-state index in [1.165, 1.54) is 18.1 Å². The van der Waals surface area contributed by atoms with Crippen molar-refractivity contribution in [1.29, 1.82) is 0 Å². The van der Waals surface area contributed by atoms with Crippen molar-refractivity contribution >= 4 is 29.0 Å². The van der Waals surface area contributed by atoms with E-state index in [2.05, 4.69) is 9.72 Å². The number of rotatable bonds is 5. The summed E-state index contributed by atoms with van der Waals surface area (Å²) in [6.07, 6.45) is 1.55. The van der Waals surface area contributed by atoms with Gasteiger partial charge in [-0.1, -0.05) is 17.7 Å². The van der Waals surface area contributed by atoms with Crippen molar-refractivity contribution in [1.82, 2.24) is 4.98 Å². The number of para-hydroxylation sites is 2. The molecule has 0 aliphatic carbocycles. The summed E-state index contributed by atoms with van der Waals surface area (Å²) in [4.78, 5) is 29.3. The molecule has 0 radical (unpaired) electrons. The number of methoxy groups -OCH3 is 1. The molecule has 0 unspecified atom stereocenters. The van der Waals surface area contributed by atoms with Gasteiger partial charge in [0.2, 0.25) is 0 Å². The second kappa shape index (κ2) is 6.89. The minimum Gasteiger partial charge on any atom is -0.469 e. The predicted octanol–water partition coefficient (Wildman–Crippen LogP) is 2.69. The highest BCUT2D eigenvalue weighted by atomic mass is 16.5. The van der Waals surface area contributed by atoms with E-state index in [0.29, 0.717) is 11.1 Å². The number of ether oxygens (including phenoxy) is 1. The van der Waals surface area contributed by atoms with Crippen molar-refractivity contribution < 1.29 is 18.7 Å². The number of nitrogens with zero attached hydrogens (tertiary/aromatic N) is 2. The summed E-state index contributed by atoms with van der Waals surface area (Å²) in [5.41, 5.74) is 2.10. The smallest absolute Gasteiger partial charge is 0.307 e. The molecule has 1 amide bonds. The normalized spacial score (nSPS) is 10.3. The van der Waals surface area contributed by atoms with Crippen LogP contribution in [0, 0.1) is 0 Å². The zero-order chi connectivity index (χ0) is 16.1. The molecule has 6 heteroatoms. The Hall–Kier alpha value is -2.63. The Bertz CT molecular complexity index is 681. The number of amides is 1. The number of allylic oxidation sites excluding steroid dienone is 1. The molecule has 0 aliphatic heterocycles. The van der Waals surface area contributed by atoms with Crippen LogP contribution in [0.5, 0.6) is 0 Å². The number of aromatic nitrogens is 1. The van der Waals surface area contributed by atoms with Crippen molar-refractivity contribution in [3.63, 3.8) is 0 Å². The summed E-state index contributed by atoms with van der Waals surface area (Å²) in [7, 11) is 1.31. The van der Waals surface area contributed by atoms with E-state index >= 15 is 0 Å². The maximum absolute atomic E-state index is 12.3. The van der Waals surface area contributed by atoms with Crippen molar-refractivity contribution in [3.8, 4) is 0 Å². The first-order valence-electron chi connectivity index (χ1n) is 6.90. The monoisotopic (exact) mass is 302 g/mol. The third kappa shape index (κ3) is 3.72. The van der Waals surface area contributed by atoms with Gasteiger partial charge >= 0.3 is 12.0 Å². The van der Waals surface area contributed by atoms with Crippen LogP contribution in [0.1, 0.15) is 20.3 Å². The fraction of sp³-hybridized carbons (Fsp3) is 0.312. The molecule has 6 nitrogen and oxygen atoms in total. The number of hydrogen-bond acceptors (Lipinski definition) is 5. The number of carbonyl (C=O) groups excluding carboxylic acids is 2. The Balaban J connectivity index is 2.31. The van der Waals surface area contributed by atoms with Crippen LogP contribution >= 0.6 is 0 Å². The largest absolute Gasteiger partial charge is 0.469 e. The molecule has 0 spiro atoms. The lowest BCUT2D eigenvalue weighted by Crippen LogP contribution is -2.32. The van der Waals surface area contributed by atoms with Gasteiger partial charge in [-0.2, -0.15) is 4.98 Å². The van der Waals surface area contributed by atoms with Gasteiger partial charge in [0.05, 0.1) is 13.5 Å². The first-order valence-corrected chi connectivity index (χ1v) is 6.90. The first kappa shape index (κ1) is 15.8. The van der Waals surface area contributed by atoms with E-state index < -0.39 is 5.97 Å². The fourth-order valence-electron chi connectivity index (χ4n) is 1.91. The Morgan fingerprint density at radius 3 is 2.68 bits per heavy atom. The molecule has 116 valence electrons. The van der Waals surface area contributed by atoms with E-state index in [4.69, 9.17) is 4.42 Å². The van der Waals surface area contributed by atoms with E-state index in [1.807, 2.05) is 26.0 Å². The zero-order valence-electron chi connectivity index (χ0n) is 12.8. The van der Waals surface area contributed by atoms with Gasteiger partial charge in [-0.25, -0.2) is 0 Å². The quantitative estimate of drug-likeness (QED) is 0.627. The molecule has 0 aliphatic rings. The molecule has 2 rings (SSSR count). The second-order valence-corrected chi connectivity index (χ2v) is 5.00. The molecule has 0 fully saturated rings. The Kier molecular flexibility index (Phi) is 4.93. The molecule has 0 N–H and O–H groups in total. The van der Waals surface area contributed by atoms with Gasteiger partial charge in [0.25, 0.3) is 5.91 Å². The van der Waals surface area contributed by atoms with E-state index in [9.17, 15) is 9.59 Å². The Labute approximate surface area is 128 Å². The number of esters is 1. The number of hydrogen-bond donors (Lipinski definition) is 0. The average molecular weight is 302 g/mol. The third-order valence-corrected chi connectivity index (χ3v) is 2.96. The highest BCUT2D eigenvalue weighted by Crippen LogP contribution is 2.22. The van der Waals surface area contributed by atoms with Crippen molar-refractivity contribution in [2.45, 2.75) is 20.3 Å². The van der Waals surface area contributed by atoms with Crippen LogP contribution in [0.3, 0.4) is 0 Å². The fourth-order valence-corrected chi connectivity index (χ4v) is 1.91. The SMILES string of the molecule is COC(=O)CCN(C(=O)C=C(C)C)c1nc2ccccc2o1. The second-order valence-electron chi connectivity index (χ2n) is 5.00. The van der Waals surface area contributed by atoms with Gasteiger partial charge < -0.3 is 9.15 Å². The summed E-state index contributed by atoms with van der Waals surface area (Å²) in [6.45, 7) is 3.78. The van der Waals surface area contributed by atoms with Crippen LogP contribution in [0.2, 0.25) is 0 Å². The third-order valence-electron chi connectivity index (χ3n) is 2.96. The van der Waals surface area contributed by atoms with Gasteiger partial charge in [0, 0.05) is 12.6 Å². The summed E-state index contributed by atoms with van der Waals surface area (Å²) in [6, 6.07) is 7.41. The van der Waals surface area contributed by atoms with Gasteiger partial charge in [-0.15, -0.1) is 0 Å². The summed E-state index contributed by atoms with van der Waals surface area (Å²) in [5, 5.41) is 0. The molecule has 1 heterocycles. The van der Waals surface area contributed by atoms with Crippen LogP contribution in [0.4, 0.5) is 6.01 Å². The Morgan fingerprint density at radius 2 is 2.05 bits per heavy atom. The van der Waals surface area contributed by atoms with Crippen LogP contribution in [0.15, 0.2) is 40.3 Å². The van der Waals surface area contributed by atoms with Gasteiger partial charge in [-0.05, 0) is 26.0 Å². The molecule has 0 saturated carbocycles. The number of benzene rings is 1. The lowest BCUT2D eigenvalue weighted by molar-refractivity contribution is -0.140. The summed E-state index contributed by atoms with van der Waals surface area (Å²) in [5.74, 6) is -0.679. The molecule has 0 saturated heterocycles. The highest BCUT2D eigenvalue weighted by molar-refractivity contribution is 6.01. The van der Waals surface area contributed by atoms with Crippen LogP contribution in [0.25, 0.3) is 11.1 Å². The van der Waals surface area contributed by atoms with Crippen molar-refractivity contribution in [2.24, 2.45) is 0 Å². The molecule has 0 atom stereocenters. The van der Waals surface area contributed by atoms with Gasteiger partial charge in [0.15, 0.2) is 5.58 Å². The lowest BCUT2D eigenvalue weighted by atomic mass is 10.3. The molecule has 22 heavy (non-hydrogen) atoms. The van der Waals surface area contributed by atoms with E-state index in [0.717, 1.165) is 5.57 Å². The van der Waals surface area contributed by atoms with Crippen molar-refractivity contribution in [3.05, 3.63) is 35.9 Å². The molecule has 2 aromatic rings. The maximum atomic E-state index is 12.3. The topological polar surface area (TPSA) is 72.6 Å². The number of anilines is 1. The number of oxazole rings is 1. The van der Waals surface area contributed by atoms with Crippen molar-refractivity contribution in [2.75, 3.05) is 18.6 Å². The number of carbonyl (C=O) groups is 2. The van der Waals surface area contributed by atoms with E-state index in [-0.39, 0.29) is 24.9 Å². The summed E-state index contributed by atoms with van der Waals surface area (Å²) >= 11 is 0. The van der Waals surface area contributed by atoms with Crippen LogP contribution in [-0.4, -0.2) is 30.5 Å². The minimum atomic E-state index is -0.397. The van der Waals surface area contributed by atoms with Crippen LogP contribution < -0.4 is 4.90 Å². The Morgan fingerprint density at radius 1 is 1.32 bits per heavy atom. The average Bonchev–Trinajstić information content (AvgIpc) is 2.89. The van der Waals surface area contributed by atoms with E-state index in [1.54, 1.807) is 12.1 Å². The molecule has 1 aromatic heterocycles. The van der Waals surface area contributed by atoms with Crippen LogP contribution in [-0.2, 0) is 14.3 Å². The molecular weight excluding hydrogens is 284 g/mol. The molecular formula is C16H18N2O4.